The molecule has 6 heteroatoms. The van der Waals surface area contributed by atoms with Crippen molar-refractivity contribution in [1.82, 2.24) is 10.2 Å². The molecule has 1 fully saturated rings. The van der Waals surface area contributed by atoms with Crippen LogP contribution in [0.4, 0.5) is 5.69 Å². The highest BCUT2D eigenvalue weighted by Gasteiger charge is 2.26. The average molecular weight is 337 g/mol. The molecule has 1 saturated heterocycles. The van der Waals surface area contributed by atoms with Gasteiger partial charge in [0.2, 0.25) is 0 Å². The molecule has 0 atom stereocenters. The number of piperidine rings is 1. The second-order valence-electron chi connectivity index (χ2n) is 6.17. The number of rotatable bonds is 3. The molecule has 3 N–H and O–H groups in total. The van der Waals surface area contributed by atoms with Gasteiger partial charge in [0.1, 0.15) is 5.75 Å². The average Bonchev–Trinajstić information content (AvgIpc) is 2.58. The lowest BCUT2D eigenvalue weighted by molar-refractivity contribution is 0.0909. The lowest BCUT2D eigenvalue weighted by Gasteiger charge is -2.31. The summed E-state index contributed by atoms with van der Waals surface area (Å²) in [6.07, 6.45) is 3.56. The van der Waals surface area contributed by atoms with Crippen LogP contribution < -0.4 is 15.8 Å². The van der Waals surface area contributed by atoms with Crippen LogP contribution >= 0.6 is 11.6 Å². The van der Waals surface area contributed by atoms with Gasteiger partial charge in [0, 0.05) is 24.7 Å². The predicted octanol–water partition coefficient (Wildman–Crippen LogP) is 2.28. The van der Waals surface area contributed by atoms with E-state index in [9.17, 15) is 4.79 Å². The second kappa shape index (κ2) is 6.97. The molecule has 1 aromatic rings. The van der Waals surface area contributed by atoms with Gasteiger partial charge in [-0.25, -0.2) is 0 Å². The zero-order chi connectivity index (χ0) is 16.4. The topological polar surface area (TPSA) is 67.6 Å². The Hall–Kier alpha value is -1.46. The van der Waals surface area contributed by atoms with Crippen LogP contribution in [0.2, 0.25) is 5.02 Å². The third-order valence-corrected chi connectivity index (χ3v) is 4.99. The van der Waals surface area contributed by atoms with E-state index in [0.29, 0.717) is 28.6 Å². The van der Waals surface area contributed by atoms with Gasteiger partial charge in [-0.15, -0.1) is 0 Å². The highest BCUT2D eigenvalue weighted by atomic mass is 35.5. The van der Waals surface area contributed by atoms with Crippen LogP contribution in [0.3, 0.4) is 0 Å². The Balaban J connectivity index is 1.76. The first kappa shape index (κ1) is 16.4. The van der Waals surface area contributed by atoms with E-state index >= 15 is 0 Å². The third-order valence-electron chi connectivity index (χ3n) is 4.67. The number of nitrogens with one attached hydrogen (secondary N) is 1. The van der Waals surface area contributed by atoms with E-state index in [1.54, 1.807) is 6.07 Å². The van der Waals surface area contributed by atoms with Gasteiger partial charge < -0.3 is 20.7 Å². The number of anilines is 1. The number of amides is 1. The van der Waals surface area contributed by atoms with Crippen LogP contribution in [0, 0.1) is 6.92 Å². The largest absolute Gasteiger partial charge is 0.492 e. The molecule has 1 amide bonds. The Labute approximate surface area is 142 Å². The van der Waals surface area contributed by atoms with Gasteiger partial charge in [-0.1, -0.05) is 11.6 Å². The number of fused-ring (bicyclic) bond motifs is 1. The molecule has 0 unspecified atom stereocenters. The van der Waals surface area contributed by atoms with Gasteiger partial charge >= 0.3 is 0 Å². The molecular weight excluding hydrogens is 314 g/mol. The van der Waals surface area contributed by atoms with E-state index in [4.69, 9.17) is 22.1 Å². The van der Waals surface area contributed by atoms with E-state index in [0.717, 1.165) is 50.9 Å². The van der Waals surface area contributed by atoms with E-state index in [-0.39, 0.29) is 11.9 Å². The maximum Gasteiger partial charge on any atom is 0.255 e. The fourth-order valence-electron chi connectivity index (χ4n) is 3.27. The number of halogens is 1. The van der Waals surface area contributed by atoms with E-state index in [1.807, 2.05) is 0 Å². The summed E-state index contributed by atoms with van der Waals surface area (Å²) in [7, 11) is 0. The van der Waals surface area contributed by atoms with Crippen molar-refractivity contribution in [3.63, 3.8) is 0 Å². The lowest BCUT2D eigenvalue weighted by Crippen LogP contribution is -2.44. The molecule has 23 heavy (non-hydrogen) atoms. The fourth-order valence-corrected chi connectivity index (χ4v) is 3.49. The number of carbonyl (C=O) groups excluding carboxylic acids is 1. The van der Waals surface area contributed by atoms with Gasteiger partial charge in [-0.3, -0.25) is 4.79 Å². The minimum Gasteiger partial charge on any atom is -0.492 e. The molecule has 1 radical (unpaired) electrons. The molecule has 5 nitrogen and oxygen atoms in total. The number of likely N-dealkylation sites (tertiary alicyclic amines) is 1. The molecule has 125 valence electrons. The Morgan fingerprint density at radius 1 is 1.48 bits per heavy atom. The molecule has 0 aliphatic carbocycles. The van der Waals surface area contributed by atoms with Crippen molar-refractivity contribution >= 4 is 23.2 Å². The van der Waals surface area contributed by atoms with Crippen LogP contribution in [0.15, 0.2) is 6.07 Å². The minimum absolute atomic E-state index is 0.127. The maximum absolute atomic E-state index is 12.7. The molecule has 0 saturated carbocycles. The van der Waals surface area contributed by atoms with Crippen molar-refractivity contribution in [1.29, 1.82) is 0 Å². The van der Waals surface area contributed by atoms with Crippen LogP contribution in [-0.2, 0) is 6.42 Å². The Morgan fingerprint density at radius 3 is 2.91 bits per heavy atom. The van der Waals surface area contributed by atoms with E-state index in [2.05, 4.69) is 17.1 Å². The van der Waals surface area contributed by atoms with Gasteiger partial charge in [0.25, 0.3) is 5.91 Å². The fraction of sp³-hybridized carbons (Fsp3) is 0.529. The predicted molar refractivity (Wildman–Crippen MR) is 92.0 cm³/mol. The highest BCUT2D eigenvalue weighted by molar-refractivity contribution is 6.33. The summed E-state index contributed by atoms with van der Waals surface area (Å²) < 4.78 is 5.72. The first-order valence-corrected chi connectivity index (χ1v) is 8.54. The molecule has 2 aliphatic heterocycles. The summed E-state index contributed by atoms with van der Waals surface area (Å²) in [5.74, 6) is 0.476. The quantitative estimate of drug-likeness (QED) is 0.831. The number of benzene rings is 1. The molecule has 0 spiro atoms. The Morgan fingerprint density at radius 2 is 2.22 bits per heavy atom. The molecule has 1 aromatic carbocycles. The molecule has 3 rings (SSSR count). The van der Waals surface area contributed by atoms with Crippen LogP contribution in [0.1, 0.15) is 35.2 Å². The van der Waals surface area contributed by atoms with Gasteiger partial charge in [-0.05, 0) is 45.2 Å². The Bertz CT molecular complexity index is 598. The van der Waals surface area contributed by atoms with Crippen molar-refractivity contribution in [2.24, 2.45) is 0 Å². The second-order valence-corrected chi connectivity index (χ2v) is 6.58. The standard InChI is InChI=1S/C17H23ClN3O2/c1-2-21-7-5-11(6-8-21)20-17(22)13-10-14(18)15(19)12-4-3-9-23-16(12)13/h10-11H,1-9,19H2,(H,20,22). The SMILES string of the molecule is [CH2]CN1CCC(NC(=O)c2cc(Cl)c(N)c3c2OCCC3)CC1. The first-order valence-electron chi connectivity index (χ1n) is 8.16. The molecule has 0 bridgehead atoms. The van der Waals surface area contributed by atoms with E-state index < -0.39 is 0 Å². The monoisotopic (exact) mass is 336 g/mol. The maximum atomic E-state index is 12.7. The lowest BCUT2D eigenvalue weighted by atomic mass is 9.99. The van der Waals surface area contributed by atoms with Crippen molar-refractivity contribution in [3.8, 4) is 5.75 Å². The smallest absolute Gasteiger partial charge is 0.255 e. The summed E-state index contributed by atoms with van der Waals surface area (Å²) in [6.45, 7) is 7.25. The first-order chi connectivity index (χ1) is 11.1. The van der Waals surface area contributed by atoms with Crippen LogP contribution in [0.25, 0.3) is 0 Å². The van der Waals surface area contributed by atoms with Crippen LogP contribution in [0.5, 0.6) is 5.75 Å². The minimum atomic E-state index is -0.127. The molecule has 2 heterocycles. The zero-order valence-electron chi connectivity index (χ0n) is 13.2. The van der Waals surface area contributed by atoms with Crippen molar-refractivity contribution in [3.05, 3.63) is 29.1 Å². The number of ether oxygens (including phenoxy) is 1. The number of hydrogen-bond acceptors (Lipinski definition) is 4. The summed E-state index contributed by atoms with van der Waals surface area (Å²) in [5, 5.41) is 3.53. The highest BCUT2D eigenvalue weighted by Crippen LogP contribution is 2.38. The van der Waals surface area contributed by atoms with Crippen LogP contribution in [-0.4, -0.2) is 43.1 Å². The van der Waals surface area contributed by atoms with Crippen molar-refractivity contribution < 1.29 is 9.53 Å². The van der Waals surface area contributed by atoms with Crippen molar-refractivity contribution in [2.45, 2.75) is 31.7 Å². The number of nitrogen functional groups attached to an aromatic ring is 1. The van der Waals surface area contributed by atoms with Gasteiger partial charge in [-0.2, -0.15) is 0 Å². The summed E-state index contributed by atoms with van der Waals surface area (Å²) in [5.41, 5.74) is 7.92. The third kappa shape index (κ3) is 3.40. The van der Waals surface area contributed by atoms with Crippen molar-refractivity contribution in [2.75, 3.05) is 32.0 Å². The summed E-state index contributed by atoms with van der Waals surface area (Å²) >= 11 is 6.20. The normalized spacial score (nSPS) is 19.0. The number of hydrogen-bond donors (Lipinski definition) is 2. The zero-order valence-corrected chi connectivity index (χ0v) is 14.0. The Kier molecular flexibility index (Phi) is 4.97. The summed E-state index contributed by atoms with van der Waals surface area (Å²) in [6, 6.07) is 1.81. The molecule has 2 aliphatic rings. The van der Waals surface area contributed by atoms with E-state index in [1.165, 1.54) is 0 Å². The number of nitrogens with zero attached hydrogens (tertiary/aromatic N) is 1. The number of nitrogens with two attached hydrogens (primary N) is 1. The molecule has 0 aromatic heterocycles. The molecular formula is C17H23ClN3O2. The van der Waals surface area contributed by atoms with Gasteiger partial charge in [0.05, 0.1) is 22.9 Å². The number of carbonyl (C=O) groups is 1. The summed E-state index contributed by atoms with van der Waals surface area (Å²) in [4.78, 5) is 15.0. The van der Waals surface area contributed by atoms with Gasteiger partial charge in [0.15, 0.2) is 0 Å².